The van der Waals surface area contributed by atoms with Crippen LogP contribution in [-0.4, -0.2) is 71.8 Å². The van der Waals surface area contributed by atoms with Gasteiger partial charge in [-0.2, -0.15) is 0 Å². The van der Waals surface area contributed by atoms with E-state index in [0.717, 1.165) is 36.5 Å². The molecule has 1 atom stereocenters. The summed E-state index contributed by atoms with van der Waals surface area (Å²) in [5.41, 5.74) is -0.328. The van der Waals surface area contributed by atoms with E-state index in [0.29, 0.717) is 37.8 Å². The molecule has 0 aliphatic carbocycles. The van der Waals surface area contributed by atoms with Crippen LogP contribution in [0.25, 0.3) is 0 Å². The Morgan fingerprint density at radius 2 is 1.97 bits per heavy atom. The molecule has 2 aromatic carbocycles. The van der Waals surface area contributed by atoms with Crippen LogP contribution in [-0.2, 0) is 17.8 Å². The highest BCUT2D eigenvalue weighted by Gasteiger charge is 2.33. The molecule has 0 amide bonds. The quantitative estimate of drug-likeness (QED) is 0.390. The third kappa shape index (κ3) is 7.41. The Morgan fingerprint density at radius 1 is 1.11 bits per heavy atom. The van der Waals surface area contributed by atoms with E-state index in [1.807, 2.05) is 31.3 Å². The number of ether oxygens (including phenoxy) is 4. The molecule has 1 N–H and O–H groups in total. The number of aliphatic hydroxyl groups is 1. The van der Waals surface area contributed by atoms with Crippen molar-refractivity contribution >= 4 is 0 Å². The minimum absolute atomic E-state index is 0.0713. The number of benzene rings is 2. The first-order valence-corrected chi connectivity index (χ1v) is 12.2. The van der Waals surface area contributed by atoms with Crippen LogP contribution in [0.1, 0.15) is 17.8 Å². The fraction of sp³-hybridized carbons (Fsp3) is 0.444. The van der Waals surface area contributed by atoms with Crippen molar-refractivity contribution in [2.75, 3.05) is 46.6 Å². The van der Waals surface area contributed by atoms with Gasteiger partial charge in [0.15, 0.2) is 23.1 Å². The predicted octanol–water partition coefficient (Wildman–Crippen LogP) is 3.59. The van der Waals surface area contributed by atoms with Crippen molar-refractivity contribution in [3.8, 4) is 17.2 Å². The lowest BCUT2D eigenvalue weighted by atomic mass is 10.1. The molecule has 1 aliphatic rings. The molecule has 0 saturated carbocycles. The van der Waals surface area contributed by atoms with Gasteiger partial charge < -0.3 is 28.6 Å². The summed E-state index contributed by atoms with van der Waals surface area (Å²) in [5.74, 6) is 0.472. The Balaban J connectivity index is 1.32. The average Bonchev–Trinajstić information content (AvgIpc) is 3.20. The Labute approximate surface area is 215 Å². The minimum Gasteiger partial charge on any atom is -0.493 e. The van der Waals surface area contributed by atoms with Crippen molar-refractivity contribution in [2.45, 2.75) is 32.0 Å². The third-order valence-electron chi connectivity index (χ3n) is 6.20. The zero-order valence-electron chi connectivity index (χ0n) is 21.2. The molecule has 1 saturated heterocycles. The summed E-state index contributed by atoms with van der Waals surface area (Å²) in [6, 6.07) is 9.07. The van der Waals surface area contributed by atoms with Gasteiger partial charge >= 0.3 is 0 Å². The Kier molecular flexibility index (Phi) is 8.96. The highest BCUT2D eigenvalue weighted by Crippen LogP contribution is 2.29. The van der Waals surface area contributed by atoms with Gasteiger partial charge in [0.2, 0.25) is 0 Å². The van der Waals surface area contributed by atoms with Gasteiger partial charge in [-0.1, -0.05) is 6.07 Å². The first-order chi connectivity index (χ1) is 17.8. The van der Waals surface area contributed by atoms with E-state index in [1.165, 1.54) is 6.07 Å². The average molecular weight is 518 g/mol. The van der Waals surface area contributed by atoms with Crippen molar-refractivity contribution in [1.29, 1.82) is 0 Å². The summed E-state index contributed by atoms with van der Waals surface area (Å²) in [7, 11) is 1.61. The van der Waals surface area contributed by atoms with Gasteiger partial charge in [-0.3, -0.25) is 4.90 Å². The lowest BCUT2D eigenvalue weighted by Gasteiger charge is -2.30. The fourth-order valence-electron chi connectivity index (χ4n) is 4.25. The predicted molar refractivity (Wildman–Crippen MR) is 133 cm³/mol. The van der Waals surface area contributed by atoms with Crippen LogP contribution in [0.4, 0.5) is 8.78 Å². The number of nitrogens with zero attached hydrogens (tertiary/aromatic N) is 3. The zero-order chi connectivity index (χ0) is 26.3. The number of β-amino-alcohol motifs (C(OH)–C–C–N with tert-alkyl or cyclic N) is 1. The molecule has 10 heteroatoms. The van der Waals surface area contributed by atoms with Crippen molar-refractivity contribution in [3.05, 3.63) is 71.8 Å². The topological polar surface area (TPSA) is 78.2 Å². The van der Waals surface area contributed by atoms with Crippen LogP contribution in [0.3, 0.4) is 0 Å². The molecule has 0 bridgehead atoms. The molecule has 8 nitrogen and oxygen atoms in total. The van der Waals surface area contributed by atoms with Gasteiger partial charge in [0.05, 0.1) is 26.9 Å². The van der Waals surface area contributed by atoms with Gasteiger partial charge in [0.25, 0.3) is 0 Å². The number of aromatic nitrogens is 2. The number of imidazole rings is 1. The molecule has 0 radical (unpaired) electrons. The van der Waals surface area contributed by atoms with Crippen LogP contribution in [0, 0.1) is 18.6 Å². The highest BCUT2D eigenvalue weighted by atomic mass is 19.2. The summed E-state index contributed by atoms with van der Waals surface area (Å²) in [6.45, 7) is 5.18. The normalized spacial score (nSPS) is 18.4. The van der Waals surface area contributed by atoms with E-state index < -0.39 is 17.2 Å². The second kappa shape index (κ2) is 12.4. The number of rotatable bonds is 11. The van der Waals surface area contributed by atoms with E-state index in [4.69, 9.17) is 18.9 Å². The molecule has 0 spiro atoms. The van der Waals surface area contributed by atoms with Crippen LogP contribution in [0.15, 0.2) is 48.8 Å². The van der Waals surface area contributed by atoms with Crippen LogP contribution >= 0.6 is 0 Å². The SMILES string of the molecule is COc1cc(CN2CCOCC(O)(COc3ccc(F)c(F)c3)C2)ccc1OCCCn1ccnc1C. The smallest absolute Gasteiger partial charge is 0.162 e. The maximum atomic E-state index is 13.5. The van der Waals surface area contributed by atoms with Crippen molar-refractivity contribution in [2.24, 2.45) is 0 Å². The Morgan fingerprint density at radius 3 is 2.73 bits per heavy atom. The molecule has 37 heavy (non-hydrogen) atoms. The van der Waals surface area contributed by atoms with E-state index in [9.17, 15) is 13.9 Å². The summed E-state index contributed by atoms with van der Waals surface area (Å²) < 4.78 is 51.4. The summed E-state index contributed by atoms with van der Waals surface area (Å²) in [6.07, 6.45) is 4.57. The number of hydrogen-bond donors (Lipinski definition) is 1. The Bertz CT molecular complexity index is 1170. The largest absolute Gasteiger partial charge is 0.493 e. The molecule has 1 aliphatic heterocycles. The van der Waals surface area contributed by atoms with Gasteiger partial charge in [0.1, 0.15) is 23.8 Å². The summed E-state index contributed by atoms with van der Waals surface area (Å²) in [5, 5.41) is 11.1. The van der Waals surface area contributed by atoms with Gasteiger partial charge in [-0.25, -0.2) is 13.8 Å². The lowest BCUT2D eigenvalue weighted by molar-refractivity contribution is -0.0647. The molecule has 1 unspecified atom stereocenters. The van der Waals surface area contributed by atoms with E-state index in [-0.39, 0.29) is 25.5 Å². The van der Waals surface area contributed by atoms with Crippen LogP contribution in [0.5, 0.6) is 17.2 Å². The molecule has 2 heterocycles. The van der Waals surface area contributed by atoms with Crippen LogP contribution in [0.2, 0.25) is 0 Å². The molecule has 1 aromatic heterocycles. The minimum atomic E-state index is -1.32. The van der Waals surface area contributed by atoms with E-state index in [2.05, 4.69) is 14.5 Å². The van der Waals surface area contributed by atoms with Crippen LogP contribution < -0.4 is 14.2 Å². The summed E-state index contributed by atoms with van der Waals surface area (Å²) in [4.78, 5) is 6.28. The molecule has 200 valence electrons. The number of aryl methyl sites for hydroxylation is 2. The van der Waals surface area contributed by atoms with Crippen molar-refractivity contribution in [1.82, 2.24) is 14.5 Å². The van der Waals surface area contributed by atoms with Gasteiger partial charge in [0, 0.05) is 44.6 Å². The van der Waals surface area contributed by atoms with Gasteiger partial charge in [-0.15, -0.1) is 0 Å². The number of halogens is 2. The maximum Gasteiger partial charge on any atom is 0.162 e. The monoisotopic (exact) mass is 517 g/mol. The second-order valence-corrected chi connectivity index (χ2v) is 9.21. The highest BCUT2D eigenvalue weighted by molar-refractivity contribution is 5.43. The lowest BCUT2D eigenvalue weighted by Crippen LogP contribution is -2.48. The standard InChI is InChI=1S/C27H33F2N3O5/c1-20-30-8-10-32(20)9-3-12-36-25-7-4-21(14-26(25)34-2)16-31-11-13-35-18-27(33,17-31)19-37-22-5-6-23(28)24(29)15-22/h4-8,10,14-15,33H,3,9,11-13,16-19H2,1-2H3. The second-order valence-electron chi connectivity index (χ2n) is 9.21. The first-order valence-electron chi connectivity index (χ1n) is 12.2. The molecule has 3 aromatic rings. The van der Waals surface area contributed by atoms with Gasteiger partial charge in [-0.05, 0) is 43.2 Å². The summed E-state index contributed by atoms with van der Waals surface area (Å²) >= 11 is 0. The fourth-order valence-corrected chi connectivity index (χ4v) is 4.25. The first kappa shape index (κ1) is 26.8. The third-order valence-corrected chi connectivity index (χ3v) is 6.20. The Hall–Kier alpha value is -3.21. The van der Waals surface area contributed by atoms with E-state index in [1.54, 1.807) is 13.3 Å². The number of methoxy groups -OCH3 is 1. The maximum absolute atomic E-state index is 13.5. The molecule has 1 fully saturated rings. The number of hydrogen-bond acceptors (Lipinski definition) is 7. The molecule has 4 rings (SSSR count). The van der Waals surface area contributed by atoms with Crippen molar-refractivity contribution < 1.29 is 32.8 Å². The molecular formula is C27H33F2N3O5. The molecular weight excluding hydrogens is 484 g/mol. The van der Waals surface area contributed by atoms with Crippen molar-refractivity contribution in [3.63, 3.8) is 0 Å². The zero-order valence-corrected chi connectivity index (χ0v) is 21.2. The van der Waals surface area contributed by atoms with E-state index >= 15 is 0 Å².